The Hall–Kier alpha value is -0.870. The van der Waals surface area contributed by atoms with Gasteiger partial charge in [-0.2, -0.15) is 0 Å². The molecule has 0 fully saturated rings. The molecule has 4 heteroatoms. The van der Waals surface area contributed by atoms with Crippen LogP contribution < -0.4 is 5.32 Å². The maximum Gasteiger partial charge on any atom is 0.150 e. The first-order valence-electron chi connectivity index (χ1n) is 7.82. The summed E-state index contributed by atoms with van der Waals surface area (Å²) in [5.74, 6) is 0.525. The molecule has 1 rings (SSSR count). The topological polar surface area (TPSA) is 46.2 Å². The van der Waals surface area contributed by atoms with Gasteiger partial charge >= 0.3 is 0 Å². The Morgan fingerprint density at radius 3 is 2.14 bits per heavy atom. The van der Waals surface area contributed by atoms with Crippen LogP contribution in [0, 0.1) is 20.8 Å². The number of hydrogen-bond donors (Lipinski definition) is 1. The van der Waals surface area contributed by atoms with Crippen molar-refractivity contribution in [2.24, 2.45) is 0 Å². The third-order valence-electron chi connectivity index (χ3n) is 3.92. The Morgan fingerprint density at radius 2 is 1.67 bits per heavy atom. The second-order valence-electron chi connectivity index (χ2n) is 5.80. The van der Waals surface area contributed by atoms with Crippen LogP contribution in [0.3, 0.4) is 0 Å². The van der Waals surface area contributed by atoms with Crippen molar-refractivity contribution in [3.63, 3.8) is 0 Å². The van der Waals surface area contributed by atoms with Crippen LogP contribution in [0.5, 0.6) is 0 Å². The van der Waals surface area contributed by atoms with Crippen molar-refractivity contribution in [2.45, 2.75) is 53.5 Å². The van der Waals surface area contributed by atoms with Crippen LogP contribution in [0.4, 0.5) is 0 Å². The average Bonchev–Trinajstić information content (AvgIpc) is 2.37. The summed E-state index contributed by atoms with van der Waals surface area (Å²) in [4.78, 5) is 0. The molecule has 120 valence electrons. The molecule has 0 spiro atoms. The minimum Gasteiger partial charge on any atom is -0.310 e. The molecular weight excluding hydrogens is 282 g/mol. The number of rotatable bonds is 8. The Labute approximate surface area is 130 Å². The standard InChI is InChI=1S/C17H29NO2S/c1-6-18-16(9-8-10-21(19,20)7-2)17-14(4)11-13(3)12-15(17)5/h11-12,16,18H,6-10H2,1-5H3. The molecule has 1 atom stereocenters. The van der Waals surface area contributed by atoms with E-state index in [0.29, 0.717) is 6.42 Å². The van der Waals surface area contributed by atoms with E-state index in [1.165, 1.54) is 22.3 Å². The second kappa shape index (κ2) is 7.95. The fourth-order valence-electron chi connectivity index (χ4n) is 2.99. The molecule has 1 unspecified atom stereocenters. The van der Waals surface area contributed by atoms with Gasteiger partial charge in [0.15, 0.2) is 0 Å². The zero-order valence-corrected chi connectivity index (χ0v) is 14.8. The van der Waals surface area contributed by atoms with Crippen LogP contribution >= 0.6 is 0 Å². The van der Waals surface area contributed by atoms with Gasteiger partial charge in [0.2, 0.25) is 0 Å². The van der Waals surface area contributed by atoms with Gasteiger partial charge in [0.05, 0.1) is 5.75 Å². The molecule has 0 saturated heterocycles. The highest BCUT2D eigenvalue weighted by Gasteiger charge is 2.17. The average molecular weight is 311 g/mol. The van der Waals surface area contributed by atoms with E-state index >= 15 is 0 Å². The third kappa shape index (κ3) is 5.44. The zero-order valence-electron chi connectivity index (χ0n) is 14.0. The summed E-state index contributed by atoms with van der Waals surface area (Å²) in [6.45, 7) is 11.1. The molecule has 21 heavy (non-hydrogen) atoms. The largest absolute Gasteiger partial charge is 0.310 e. The quantitative estimate of drug-likeness (QED) is 0.799. The van der Waals surface area contributed by atoms with Crippen LogP contribution in [0.1, 0.15) is 55.0 Å². The van der Waals surface area contributed by atoms with E-state index < -0.39 is 9.84 Å². The van der Waals surface area contributed by atoms with Crippen molar-refractivity contribution in [3.8, 4) is 0 Å². The molecule has 1 aromatic rings. The lowest BCUT2D eigenvalue weighted by molar-refractivity contribution is 0.502. The Bertz CT molecular complexity index is 541. The Morgan fingerprint density at radius 1 is 1.10 bits per heavy atom. The maximum atomic E-state index is 11.6. The summed E-state index contributed by atoms with van der Waals surface area (Å²) >= 11 is 0. The van der Waals surface area contributed by atoms with E-state index in [0.717, 1.165) is 13.0 Å². The van der Waals surface area contributed by atoms with E-state index in [1.807, 2.05) is 0 Å². The Balaban J connectivity index is 2.88. The second-order valence-corrected chi connectivity index (χ2v) is 8.27. The van der Waals surface area contributed by atoms with Gasteiger partial charge in [-0.1, -0.05) is 31.5 Å². The van der Waals surface area contributed by atoms with Gasteiger partial charge in [-0.25, -0.2) is 8.42 Å². The van der Waals surface area contributed by atoms with Crippen LogP contribution in [-0.4, -0.2) is 26.5 Å². The molecule has 0 radical (unpaired) electrons. The minimum atomic E-state index is -2.87. The van der Waals surface area contributed by atoms with E-state index in [2.05, 4.69) is 45.1 Å². The predicted molar refractivity (Wildman–Crippen MR) is 90.6 cm³/mol. The van der Waals surface area contributed by atoms with Crippen LogP contribution in [-0.2, 0) is 9.84 Å². The molecule has 3 nitrogen and oxygen atoms in total. The van der Waals surface area contributed by atoms with Gasteiger partial charge in [0, 0.05) is 11.8 Å². The number of hydrogen-bond acceptors (Lipinski definition) is 3. The molecule has 0 aliphatic carbocycles. The highest BCUT2D eigenvalue weighted by molar-refractivity contribution is 7.91. The van der Waals surface area contributed by atoms with Crippen LogP contribution in [0.2, 0.25) is 0 Å². The van der Waals surface area contributed by atoms with Crippen molar-refractivity contribution in [1.29, 1.82) is 0 Å². The first kappa shape index (κ1) is 18.2. The van der Waals surface area contributed by atoms with Gasteiger partial charge in [0.1, 0.15) is 9.84 Å². The van der Waals surface area contributed by atoms with Gasteiger partial charge in [0.25, 0.3) is 0 Å². The van der Waals surface area contributed by atoms with Crippen LogP contribution in [0.15, 0.2) is 12.1 Å². The molecule has 0 heterocycles. The van der Waals surface area contributed by atoms with E-state index in [9.17, 15) is 8.42 Å². The number of benzene rings is 1. The molecule has 1 aromatic carbocycles. The summed E-state index contributed by atoms with van der Waals surface area (Å²) in [6.07, 6.45) is 1.57. The predicted octanol–water partition coefficient (Wildman–Crippen LogP) is 3.48. The summed E-state index contributed by atoms with van der Waals surface area (Å²) in [6, 6.07) is 4.65. The molecule has 0 aliphatic heterocycles. The van der Waals surface area contributed by atoms with Gasteiger partial charge < -0.3 is 5.32 Å². The van der Waals surface area contributed by atoms with E-state index in [4.69, 9.17) is 0 Å². The van der Waals surface area contributed by atoms with Crippen LogP contribution in [0.25, 0.3) is 0 Å². The van der Waals surface area contributed by atoms with Crippen molar-refractivity contribution >= 4 is 9.84 Å². The third-order valence-corrected chi connectivity index (χ3v) is 5.72. The first-order valence-corrected chi connectivity index (χ1v) is 9.64. The molecule has 0 aliphatic rings. The summed E-state index contributed by atoms with van der Waals surface area (Å²) < 4.78 is 23.3. The van der Waals surface area contributed by atoms with Crippen molar-refractivity contribution < 1.29 is 8.42 Å². The molecular formula is C17H29NO2S. The molecule has 0 aromatic heterocycles. The van der Waals surface area contributed by atoms with Gasteiger partial charge in [-0.15, -0.1) is 0 Å². The zero-order chi connectivity index (χ0) is 16.0. The monoisotopic (exact) mass is 311 g/mol. The summed E-state index contributed by atoms with van der Waals surface area (Å²) in [5.41, 5.74) is 5.18. The fraction of sp³-hybridized carbons (Fsp3) is 0.647. The smallest absolute Gasteiger partial charge is 0.150 e. The molecule has 0 amide bonds. The van der Waals surface area contributed by atoms with Crippen molar-refractivity contribution in [3.05, 3.63) is 34.4 Å². The highest BCUT2D eigenvalue weighted by atomic mass is 32.2. The first-order chi connectivity index (χ1) is 9.80. The Kier molecular flexibility index (Phi) is 6.88. The summed E-state index contributed by atoms with van der Waals surface area (Å²) in [7, 11) is -2.87. The number of sulfone groups is 1. The normalized spacial score (nSPS) is 13.4. The lowest BCUT2D eigenvalue weighted by atomic mass is 9.91. The van der Waals surface area contributed by atoms with Crippen molar-refractivity contribution in [1.82, 2.24) is 5.32 Å². The van der Waals surface area contributed by atoms with E-state index in [1.54, 1.807) is 6.92 Å². The minimum absolute atomic E-state index is 0.238. The molecule has 0 saturated carbocycles. The lowest BCUT2D eigenvalue weighted by Crippen LogP contribution is -2.23. The SMILES string of the molecule is CCNC(CCCS(=O)(=O)CC)c1c(C)cc(C)cc1C. The lowest BCUT2D eigenvalue weighted by Gasteiger charge is -2.23. The fourth-order valence-corrected chi connectivity index (χ4v) is 3.88. The molecule has 0 bridgehead atoms. The van der Waals surface area contributed by atoms with Gasteiger partial charge in [-0.3, -0.25) is 0 Å². The number of nitrogens with one attached hydrogen (secondary N) is 1. The summed E-state index contributed by atoms with van der Waals surface area (Å²) in [5, 5.41) is 3.51. The number of aryl methyl sites for hydroxylation is 3. The van der Waals surface area contributed by atoms with Gasteiger partial charge in [-0.05, 0) is 56.8 Å². The van der Waals surface area contributed by atoms with Crippen molar-refractivity contribution in [2.75, 3.05) is 18.1 Å². The highest BCUT2D eigenvalue weighted by Crippen LogP contribution is 2.27. The maximum absolute atomic E-state index is 11.6. The van der Waals surface area contributed by atoms with E-state index in [-0.39, 0.29) is 17.5 Å². The molecule has 1 N–H and O–H groups in total.